The molecule has 0 aliphatic carbocycles. The zero-order valence-corrected chi connectivity index (χ0v) is 10.0. The Morgan fingerprint density at radius 2 is 2.21 bits per heavy atom. The Balaban J connectivity index is 1.92. The molecule has 0 amide bonds. The van der Waals surface area contributed by atoms with Gasteiger partial charge in [0.15, 0.2) is 11.9 Å². The normalized spacial score (nSPS) is 37.2. The molecule has 1 aromatic rings. The van der Waals surface area contributed by atoms with E-state index < -0.39 is 24.5 Å². The van der Waals surface area contributed by atoms with Crippen molar-refractivity contribution in [3.8, 4) is 0 Å². The molecule has 0 aromatic carbocycles. The SMILES string of the molecule is [NH3+]C1N=CNc2c1ncn2[C@@H]1O[C@H](CO)[C@@H](O)[C@H]1O. The molecule has 19 heavy (non-hydrogen) atoms. The Morgan fingerprint density at radius 3 is 2.89 bits per heavy atom. The van der Waals surface area contributed by atoms with Gasteiger partial charge in [0.05, 0.1) is 19.3 Å². The molecule has 2 aliphatic rings. The smallest absolute Gasteiger partial charge is 0.226 e. The van der Waals surface area contributed by atoms with Crippen LogP contribution in [-0.2, 0) is 4.74 Å². The number of hydrogen-bond donors (Lipinski definition) is 5. The van der Waals surface area contributed by atoms with Crippen molar-refractivity contribution >= 4 is 12.2 Å². The van der Waals surface area contributed by atoms with E-state index in [1.807, 2.05) is 0 Å². The molecule has 0 saturated carbocycles. The van der Waals surface area contributed by atoms with Gasteiger partial charge < -0.3 is 31.1 Å². The minimum absolute atomic E-state index is 0.324. The van der Waals surface area contributed by atoms with Crippen molar-refractivity contribution < 1.29 is 25.8 Å². The van der Waals surface area contributed by atoms with Crippen LogP contribution in [0.25, 0.3) is 0 Å². The molecule has 104 valence electrons. The van der Waals surface area contributed by atoms with Crippen molar-refractivity contribution in [2.45, 2.75) is 30.7 Å². The van der Waals surface area contributed by atoms with Crippen LogP contribution >= 0.6 is 0 Å². The maximum absolute atomic E-state index is 9.99. The summed E-state index contributed by atoms with van der Waals surface area (Å²) in [4.78, 5) is 8.24. The van der Waals surface area contributed by atoms with Gasteiger partial charge in [-0.2, -0.15) is 0 Å². The van der Waals surface area contributed by atoms with Crippen LogP contribution in [0.4, 0.5) is 5.82 Å². The Labute approximate surface area is 108 Å². The fourth-order valence-electron chi connectivity index (χ4n) is 2.33. The van der Waals surface area contributed by atoms with Crippen LogP contribution in [0.2, 0.25) is 0 Å². The number of aliphatic hydroxyl groups excluding tert-OH is 3. The van der Waals surface area contributed by atoms with E-state index in [9.17, 15) is 10.2 Å². The number of rotatable bonds is 2. The maximum atomic E-state index is 9.99. The number of anilines is 1. The highest BCUT2D eigenvalue weighted by atomic mass is 16.6. The van der Waals surface area contributed by atoms with Crippen LogP contribution in [0.3, 0.4) is 0 Å². The molecule has 0 bridgehead atoms. The average Bonchev–Trinajstić information content (AvgIpc) is 2.94. The topological polar surface area (TPSA) is 140 Å². The second kappa shape index (κ2) is 4.54. The monoisotopic (exact) mass is 270 g/mol. The first kappa shape index (κ1) is 12.5. The number of aromatic nitrogens is 2. The number of nitrogens with one attached hydrogen (secondary N) is 1. The van der Waals surface area contributed by atoms with Crippen LogP contribution in [0.5, 0.6) is 0 Å². The van der Waals surface area contributed by atoms with Crippen molar-refractivity contribution in [2.24, 2.45) is 4.99 Å². The van der Waals surface area contributed by atoms with Crippen molar-refractivity contribution in [1.82, 2.24) is 9.55 Å². The predicted octanol–water partition coefficient (Wildman–Crippen LogP) is -2.81. The number of ether oxygens (including phenoxy) is 1. The molecule has 1 aromatic heterocycles. The minimum atomic E-state index is -1.14. The molecule has 3 rings (SSSR count). The molecule has 0 spiro atoms. The molecule has 5 atom stereocenters. The number of nitrogens with zero attached hydrogens (tertiary/aromatic N) is 3. The molecule has 9 nitrogen and oxygen atoms in total. The highest BCUT2D eigenvalue weighted by Crippen LogP contribution is 2.34. The van der Waals surface area contributed by atoms with Gasteiger partial charge in [-0.15, -0.1) is 0 Å². The highest BCUT2D eigenvalue weighted by molar-refractivity contribution is 5.77. The van der Waals surface area contributed by atoms with Crippen LogP contribution in [0.1, 0.15) is 18.1 Å². The molecule has 1 fully saturated rings. The summed E-state index contributed by atoms with van der Waals surface area (Å²) >= 11 is 0. The summed E-state index contributed by atoms with van der Waals surface area (Å²) in [5, 5.41) is 31.7. The molecule has 3 heterocycles. The number of fused-ring (bicyclic) bond motifs is 1. The maximum Gasteiger partial charge on any atom is 0.226 e. The van der Waals surface area contributed by atoms with Crippen molar-refractivity contribution in [3.05, 3.63) is 12.0 Å². The first-order chi connectivity index (χ1) is 9.13. The number of quaternary nitrogens is 1. The van der Waals surface area contributed by atoms with E-state index in [4.69, 9.17) is 9.84 Å². The van der Waals surface area contributed by atoms with Crippen molar-refractivity contribution in [3.63, 3.8) is 0 Å². The summed E-state index contributed by atoms with van der Waals surface area (Å²) in [6.07, 6.45) is -1.24. The van der Waals surface area contributed by atoms with Gasteiger partial charge in [0.25, 0.3) is 0 Å². The average molecular weight is 270 g/mol. The van der Waals surface area contributed by atoms with Gasteiger partial charge in [-0.3, -0.25) is 4.57 Å². The van der Waals surface area contributed by atoms with Gasteiger partial charge in [0, 0.05) is 0 Å². The van der Waals surface area contributed by atoms with Crippen LogP contribution in [0, 0.1) is 0 Å². The van der Waals surface area contributed by atoms with Gasteiger partial charge in [-0.1, -0.05) is 0 Å². The molecule has 0 radical (unpaired) electrons. The Morgan fingerprint density at radius 1 is 1.42 bits per heavy atom. The van der Waals surface area contributed by atoms with Gasteiger partial charge in [0.1, 0.15) is 24.1 Å². The third-order valence-corrected chi connectivity index (χ3v) is 3.38. The van der Waals surface area contributed by atoms with Gasteiger partial charge >= 0.3 is 0 Å². The lowest BCUT2D eigenvalue weighted by molar-refractivity contribution is -0.424. The second-order valence-corrected chi connectivity index (χ2v) is 4.55. The van der Waals surface area contributed by atoms with E-state index in [1.54, 1.807) is 4.57 Å². The summed E-state index contributed by atoms with van der Waals surface area (Å²) in [6, 6.07) is 0. The fraction of sp³-hybridized carbons (Fsp3) is 0.600. The molecule has 9 heteroatoms. The first-order valence-corrected chi connectivity index (χ1v) is 5.94. The zero-order chi connectivity index (χ0) is 13.6. The molecule has 2 aliphatic heterocycles. The standard InChI is InChI=1S/C10H15N5O4/c11-8-5-9(13-2-12-8)15(3-14-5)10-7(18)6(17)4(1-16)19-10/h2-4,6-8,10,16-18H,1,11H2,(H,12,13)/p+1/t4-,6-,7-,8?,10-/m1/s1. The summed E-state index contributed by atoms with van der Waals surface area (Å²) in [5.74, 6) is 0.616. The summed E-state index contributed by atoms with van der Waals surface area (Å²) in [6.45, 7) is -0.363. The van der Waals surface area contributed by atoms with Crippen LogP contribution in [-0.4, -0.2) is 56.1 Å². The summed E-state index contributed by atoms with van der Waals surface area (Å²) in [5.41, 5.74) is 4.48. The second-order valence-electron chi connectivity index (χ2n) is 4.55. The minimum Gasteiger partial charge on any atom is -0.394 e. The van der Waals surface area contributed by atoms with E-state index in [2.05, 4.69) is 21.0 Å². The van der Waals surface area contributed by atoms with E-state index in [0.29, 0.717) is 11.5 Å². The lowest BCUT2D eigenvalue weighted by atomic mass is 10.1. The Bertz CT molecular complexity index is 504. The lowest BCUT2D eigenvalue weighted by Crippen LogP contribution is -2.53. The largest absolute Gasteiger partial charge is 0.394 e. The third kappa shape index (κ3) is 1.83. The predicted molar refractivity (Wildman–Crippen MR) is 63.0 cm³/mol. The molecule has 1 unspecified atom stereocenters. The highest BCUT2D eigenvalue weighted by Gasteiger charge is 2.44. The van der Waals surface area contributed by atoms with Crippen LogP contribution < -0.4 is 11.1 Å². The quantitative estimate of drug-likeness (QED) is 0.393. The Kier molecular flexibility index (Phi) is 2.99. The van der Waals surface area contributed by atoms with Crippen LogP contribution in [0.15, 0.2) is 11.3 Å². The van der Waals surface area contributed by atoms with Gasteiger partial charge in [-0.05, 0) is 0 Å². The van der Waals surface area contributed by atoms with Crippen molar-refractivity contribution in [1.29, 1.82) is 0 Å². The zero-order valence-electron chi connectivity index (χ0n) is 10.0. The molecular weight excluding hydrogens is 254 g/mol. The van der Waals surface area contributed by atoms with E-state index >= 15 is 0 Å². The number of hydrogen-bond acceptors (Lipinski definition) is 7. The molecule has 1 saturated heterocycles. The molecule has 7 N–H and O–H groups in total. The van der Waals surface area contributed by atoms with Crippen molar-refractivity contribution in [2.75, 3.05) is 11.9 Å². The number of aliphatic hydroxyl groups is 3. The van der Waals surface area contributed by atoms with Gasteiger partial charge in [-0.25, -0.2) is 9.98 Å². The Hall–Kier alpha value is -1.52. The third-order valence-electron chi connectivity index (χ3n) is 3.38. The fourth-order valence-corrected chi connectivity index (χ4v) is 2.33. The lowest BCUT2D eigenvalue weighted by Gasteiger charge is -2.20. The van der Waals surface area contributed by atoms with E-state index in [1.165, 1.54) is 12.7 Å². The van der Waals surface area contributed by atoms with Gasteiger partial charge in [0.2, 0.25) is 6.17 Å². The first-order valence-electron chi connectivity index (χ1n) is 5.94. The van der Waals surface area contributed by atoms with E-state index in [0.717, 1.165) is 0 Å². The summed E-state index contributed by atoms with van der Waals surface area (Å²) < 4.78 is 7.02. The molecular formula is C10H16N5O4+. The van der Waals surface area contributed by atoms with E-state index in [-0.39, 0.29) is 12.8 Å². The number of imidazole rings is 1. The summed E-state index contributed by atoms with van der Waals surface area (Å²) in [7, 11) is 0. The number of aliphatic imine (C=N–C) groups is 1.